The van der Waals surface area contributed by atoms with Crippen LogP contribution in [-0.4, -0.2) is 24.3 Å². The van der Waals surface area contributed by atoms with Gasteiger partial charge in [0.15, 0.2) is 0 Å². The Morgan fingerprint density at radius 2 is 1.86 bits per heavy atom. The van der Waals surface area contributed by atoms with Gasteiger partial charge in [-0.1, -0.05) is 19.1 Å². The number of carbonyl (C=O) groups is 3. The van der Waals surface area contributed by atoms with Crippen molar-refractivity contribution in [1.29, 1.82) is 0 Å². The second-order valence-electron chi connectivity index (χ2n) is 6.96. The summed E-state index contributed by atoms with van der Waals surface area (Å²) in [5, 5.41) is 5.19. The number of furan rings is 1. The summed E-state index contributed by atoms with van der Waals surface area (Å²) < 4.78 is 5.73. The highest BCUT2D eigenvalue weighted by atomic mass is 16.3. The van der Waals surface area contributed by atoms with Gasteiger partial charge in [0.25, 0.3) is 5.91 Å². The third-order valence-corrected chi connectivity index (χ3v) is 4.63. The monoisotopic (exact) mass is 381 g/mol. The highest BCUT2D eigenvalue weighted by molar-refractivity contribution is 5.96. The molecule has 0 saturated heterocycles. The van der Waals surface area contributed by atoms with Gasteiger partial charge in [-0.25, -0.2) is 0 Å². The fourth-order valence-electron chi connectivity index (χ4n) is 2.83. The van der Waals surface area contributed by atoms with Gasteiger partial charge < -0.3 is 20.8 Å². The van der Waals surface area contributed by atoms with Crippen LogP contribution in [0.3, 0.4) is 0 Å². The van der Waals surface area contributed by atoms with Gasteiger partial charge in [0.1, 0.15) is 11.5 Å². The number of carbonyl (C=O) groups excluding carboxylic acids is 3. The van der Waals surface area contributed by atoms with E-state index in [-0.39, 0.29) is 18.4 Å². The van der Waals surface area contributed by atoms with Gasteiger partial charge in [0, 0.05) is 24.1 Å². The molecule has 7 nitrogen and oxygen atoms in total. The lowest BCUT2D eigenvalue weighted by atomic mass is 10.1. The highest BCUT2D eigenvalue weighted by Gasteiger charge is 2.36. The molecule has 0 radical (unpaired) electrons. The average molecular weight is 381 g/mol. The number of nitrogens with two attached hydrogens (primary N) is 1. The number of rotatable bonds is 8. The van der Waals surface area contributed by atoms with Crippen molar-refractivity contribution < 1.29 is 18.8 Å². The molecule has 1 saturated carbocycles. The molecule has 1 aliphatic rings. The minimum Gasteiger partial charge on any atom is -0.461 e. The van der Waals surface area contributed by atoms with Gasteiger partial charge in [-0.3, -0.25) is 14.4 Å². The van der Waals surface area contributed by atoms with Crippen molar-refractivity contribution in [3.8, 4) is 0 Å². The van der Waals surface area contributed by atoms with E-state index in [2.05, 4.69) is 17.6 Å². The van der Waals surface area contributed by atoms with Gasteiger partial charge in [-0.2, -0.15) is 0 Å². The van der Waals surface area contributed by atoms with Crippen LogP contribution in [0.4, 0.5) is 0 Å². The number of nitrogens with one attached hydrogen (secondary N) is 2. The van der Waals surface area contributed by atoms with Crippen molar-refractivity contribution in [2.45, 2.75) is 25.8 Å². The van der Waals surface area contributed by atoms with E-state index in [1.807, 2.05) is 12.1 Å². The first-order valence-corrected chi connectivity index (χ1v) is 9.13. The number of primary amides is 1. The second kappa shape index (κ2) is 8.56. The minimum atomic E-state index is -0.603. The normalized spacial score (nSPS) is 18.0. The summed E-state index contributed by atoms with van der Waals surface area (Å²) >= 11 is 0. The fourth-order valence-corrected chi connectivity index (χ4v) is 2.83. The lowest BCUT2D eigenvalue weighted by molar-refractivity contribution is -0.117. The molecule has 2 aromatic rings. The summed E-state index contributed by atoms with van der Waals surface area (Å²) in [7, 11) is 0. The van der Waals surface area contributed by atoms with Crippen LogP contribution >= 0.6 is 0 Å². The fraction of sp³-hybridized carbons (Fsp3) is 0.286. The number of benzene rings is 1. The molecule has 0 bridgehead atoms. The van der Waals surface area contributed by atoms with Gasteiger partial charge in [-0.15, -0.1) is 0 Å². The Morgan fingerprint density at radius 1 is 1.14 bits per heavy atom. The summed E-state index contributed by atoms with van der Waals surface area (Å²) in [6.07, 6.45) is 4.24. The summed E-state index contributed by atoms with van der Waals surface area (Å²) in [5.41, 5.74) is 6.25. The van der Waals surface area contributed by atoms with Gasteiger partial charge >= 0.3 is 0 Å². The molecule has 4 N–H and O–H groups in total. The van der Waals surface area contributed by atoms with Crippen LogP contribution in [0.25, 0.3) is 6.08 Å². The minimum absolute atomic E-state index is 0.209. The van der Waals surface area contributed by atoms with E-state index >= 15 is 0 Å². The van der Waals surface area contributed by atoms with Crippen LogP contribution in [0.15, 0.2) is 46.9 Å². The summed E-state index contributed by atoms with van der Waals surface area (Å²) in [6.45, 7) is 2.31. The average Bonchev–Trinajstić information content (AvgIpc) is 3.23. The molecule has 0 spiro atoms. The van der Waals surface area contributed by atoms with Crippen LogP contribution in [0.1, 0.15) is 46.7 Å². The van der Waals surface area contributed by atoms with Crippen LogP contribution in [0.5, 0.6) is 0 Å². The zero-order valence-electron chi connectivity index (χ0n) is 15.6. The van der Waals surface area contributed by atoms with Crippen LogP contribution in [-0.2, 0) is 16.1 Å². The van der Waals surface area contributed by atoms with Crippen molar-refractivity contribution in [1.82, 2.24) is 10.6 Å². The van der Waals surface area contributed by atoms with Crippen molar-refractivity contribution in [3.05, 3.63) is 65.1 Å². The Kier molecular flexibility index (Phi) is 5.93. The third kappa shape index (κ3) is 5.33. The Hall–Kier alpha value is -3.35. The summed E-state index contributed by atoms with van der Waals surface area (Å²) in [4.78, 5) is 34.5. The maximum Gasteiger partial charge on any atom is 0.251 e. The topological polar surface area (TPSA) is 114 Å². The highest BCUT2D eigenvalue weighted by Crippen LogP contribution is 2.47. The van der Waals surface area contributed by atoms with Crippen LogP contribution in [0, 0.1) is 5.92 Å². The molecule has 3 amide bonds. The lowest BCUT2D eigenvalue weighted by Crippen LogP contribution is -2.33. The first-order valence-electron chi connectivity index (χ1n) is 9.13. The maximum absolute atomic E-state index is 12.0. The first kappa shape index (κ1) is 19.4. The van der Waals surface area contributed by atoms with E-state index in [9.17, 15) is 14.4 Å². The zero-order chi connectivity index (χ0) is 20.1. The molecule has 146 valence electrons. The molecule has 1 aliphatic carbocycles. The molecule has 2 unspecified atom stereocenters. The van der Waals surface area contributed by atoms with E-state index in [1.165, 1.54) is 6.08 Å². The molecule has 7 heteroatoms. The summed E-state index contributed by atoms with van der Waals surface area (Å²) in [6, 6.07) is 10.5. The number of hydrogen-bond donors (Lipinski definition) is 3. The SMILES string of the molecule is CC1CC1c1ccc(/C=C/C(=O)NCc2ccc(C(=O)NCC(N)=O)cc2)o1. The quantitative estimate of drug-likeness (QED) is 0.606. The van der Waals surface area contributed by atoms with Crippen molar-refractivity contribution >= 4 is 23.8 Å². The molecular weight excluding hydrogens is 358 g/mol. The Morgan fingerprint density at radius 3 is 2.50 bits per heavy atom. The lowest BCUT2D eigenvalue weighted by Gasteiger charge is -2.05. The number of hydrogen-bond acceptors (Lipinski definition) is 4. The second-order valence-corrected chi connectivity index (χ2v) is 6.96. The Labute approximate surface area is 163 Å². The number of amides is 3. The molecule has 3 rings (SSSR count). The standard InChI is InChI=1S/C21H23N3O4/c1-13-10-17(13)18-8-6-16(28-18)7-9-20(26)23-11-14-2-4-15(5-3-14)21(27)24-12-19(22)25/h2-9,13,17H,10-12H2,1H3,(H2,22,25)(H,23,26)(H,24,27)/b9-7+. The van der Waals surface area contributed by atoms with Crippen LogP contribution in [0.2, 0.25) is 0 Å². The van der Waals surface area contributed by atoms with E-state index in [0.29, 0.717) is 29.7 Å². The van der Waals surface area contributed by atoms with Gasteiger partial charge in [-0.05, 0) is 48.2 Å². The Bertz CT molecular complexity index is 899. The molecule has 1 heterocycles. The molecule has 1 aromatic heterocycles. The first-order chi connectivity index (χ1) is 13.4. The van der Waals surface area contributed by atoms with E-state index < -0.39 is 5.91 Å². The predicted molar refractivity (Wildman–Crippen MR) is 104 cm³/mol. The predicted octanol–water partition coefficient (Wildman–Crippen LogP) is 1.95. The largest absolute Gasteiger partial charge is 0.461 e. The zero-order valence-corrected chi connectivity index (χ0v) is 15.6. The van der Waals surface area contributed by atoms with Crippen molar-refractivity contribution in [3.63, 3.8) is 0 Å². The Balaban J connectivity index is 1.45. The van der Waals surface area contributed by atoms with Crippen molar-refractivity contribution in [2.75, 3.05) is 6.54 Å². The molecule has 28 heavy (non-hydrogen) atoms. The molecule has 1 fully saturated rings. The smallest absolute Gasteiger partial charge is 0.251 e. The molecular formula is C21H23N3O4. The molecule has 0 aliphatic heterocycles. The van der Waals surface area contributed by atoms with E-state index in [0.717, 1.165) is 17.7 Å². The van der Waals surface area contributed by atoms with Crippen molar-refractivity contribution in [2.24, 2.45) is 11.7 Å². The summed E-state index contributed by atoms with van der Waals surface area (Å²) in [5.74, 6) is 1.61. The van der Waals surface area contributed by atoms with Crippen LogP contribution < -0.4 is 16.4 Å². The third-order valence-electron chi connectivity index (χ3n) is 4.63. The van der Waals surface area contributed by atoms with Gasteiger partial charge in [0.05, 0.1) is 6.54 Å². The van der Waals surface area contributed by atoms with Gasteiger partial charge in [0.2, 0.25) is 11.8 Å². The molecule has 2 atom stereocenters. The van der Waals surface area contributed by atoms with E-state index in [4.69, 9.17) is 10.2 Å². The maximum atomic E-state index is 12.0. The van der Waals surface area contributed by atoms with E-state index in [1.54, 1.807) is 30.3 Å². The molecule has 1 aromatic carbocycles.